The maximum absolute atomic E-state index is 14.2. The number of rotatable bonds is 6. The number of aromatic nitrogens is 1. The second-order valence-corrected chi connectivity index (χ2v) is 5.91. The molecule has 3 aromatic rings. The lowest BCUT2D eigenvalue weighted by Gasteiger charge is -2.14. The first-order chi connectivity index (χ1) is 12.9. The van der Waals surface area contributed by atoms with Gasteiger partial charge in [-0.25, -0.2) is 8.78 Å². The molecule has 0 spiro atoms. The highest BCUT2D eigenvalue weighted by Crippen LogP contribution is 2.38. The Kier molecular flexibility index (Phi) is 5.38. The van der Waals surface area contributed by atoms with Crippen LogP contribution < -0.4 is 18.9 Å². The number of hydrogen-bond acceptors (Lipinski definition) is 6. The second-order valence-electron chi connectivity index (χ2n) is 5.23. The van der Waals surface area contributed by atoms with Crippen LogP contribution in [0.5, 0.6) is 23.0 Å². The molecule has 0 amide bonds. The molecular weight excluding hydrogens is 382 g/mol. The number of ether oxygens (including phenoxy) is 3. The number of benzene rings is 2. The number of fused-ring (bicyclic) bond motifs is 1. The summed E-state index contributed by atoms with van der Waals surface area (Å²) in [6, 6.07) is 6.13. The fraction of sp³-hybridized carbons (Fsp3) is 0.118. The Morgan fingerprint density at radius 2 is 1.70 bits per heavy atom. The van der Waals surface area contributed by atoms with Gasteiger partial charge >= 0.3 is 0 Å². The minimum Gasteiger partial charge on any atom is -0.755 e. The molecule has 7 nitrogen and oxygen atoms in total. The summed E-state index contributed by atoms with van der Waals surface area (Å²) in [5.74, 6) is -1.30. The lowest BCUT2D eigenvalue weighted by atomic mass is 10.2. The third-order valence-corrected chi connectivity index (χ3v) is 4.03. The van der Waals surface area contributed by atoms with Crippen molar-refractivity contribution >= 4 is 27.9 Å². The molecule has 0 aliphatic carbocycles. The zero-order chi connectivity index (χ0) is 19.6. The number of nitrogens with zero attached hydrogens (tertiary/aromatic N) is 1. The average molecular weight is 395 g/mol. The van der Waals surface area contributed by atoms with Gasteiger partial charge in [0.2, 0.25) is 0 Å². The number of anilines is 1. The molecule has 0 saturated carbocycles. The predicted molar refractivity (Wildman–Crippen MR) is 93.8 cm³/mol. The van der Waals surface area contributed by atoms with Crippen LogP contribution in [0, 0.1) is 11.6 Å². The molecule has 1 N–H and O–H groups in total. The Balaban J connectivity index is 2.04. The Hall–Kier alpha value is -2.98. The van der Waals surface area contributed by atoms with Crippen molar-refractivity contribution in [2.24, 2.45) is 0 Å². The first-order valence-electron chi connectivity index (χ1n) is 7.46. The highest BCUT2D eigenvalue weighted by atomic mass is 32.2. The summed E-state index contributed by atoms with van der Waals surface area (Å²) in [5, 5.41) is 0.484. The maximum atomic E-state index is 14.2. The fourth-order valence-corrected chi connectivity index (χ4v) is 2.77. The number of pyridine rings is 1. The smallest absolute Gasteiger partial charge is 0.168 e. The van der Waals surface area contributed by atoms with Crippen molar-refractivity contribution in [3.05, 3.63) is 48.2 Å². The Morgan fingerprint density at radius 1 is 1.00 bits per heavy atom. The zero-order valence-corrected chi connectivity index (χ0v) is 14.9. The topological polar surface area (TPSA) is 92.7 Å². The molecule has 0 radical (unpaired) electrons. The molecule has 1 heterocycles. The van der Waals surface area contributed by atoms with E-state index in [9.17, 15) is 17.5 Å². The van der Waals surface area contributed by atoms with Crippen molar-refractivity contribution in [3.8, 4) is 23.0 Å². The van der Waals surface area contributed by atoms with E-state index < -0.39 is 34.3 Å². The molecule has 0 aliphatic rings. The third-order valence-electron chi connectivity index (χ3n) is 3.64. The van der Waals surface area contributed by atoms with Gasteiger partial charge in [0.1, 0.15) is 5.75 Å². The summed E-state index contributed by atoms with van der Waals surface area (Å²) in [7, 11) is 2.94. The van der Waals surface area contributed by atoms with Crippen molar-refractivity contribution in [2.75, 3.05) is 18.9 Å². The third kappa shape index (κ3) is 3.91. The van der Waals surface area contributed by atoms with Crippen molar-refractivity contribution in [2.45, 2.75) is 0 Å². The van der Waals surface area contributed by atoms with E-state index in [-0.39, 0.29) is 5.75 Å². The molecule has 0 bridgehead atoms. The quantitative estimate of drug-likeness (QED) is 0.642. The molecule has 27 heavy (non-hydrogen) atoms. The van der Waals surface area contributed by atoms with E-state index in [0.717, 1.165) is 6.07 Å². The number of nitrogens with one attached hydrogen (secondary N) is 1. The van der Waals surface area contributed by atoms with Gasteiger partial charge in [-0.05, 0) is 12.1 Å². The summed E-state index contributed by atoms with van der Waals surface area (Å²) < 4.78 is 67.2. The molecule has 1 atom stereocenters. The monoisotopic (exact) mass is 395 g/mol. The van der Waals surface area contributed by atoms with Crippen molar-refractivity contribution in [1.29, 1.82) is 0 Å². The van der Waals surface area contributed by atoms with Crippen LogP contribution in [-0.2, 0) is 11.3 Å². The van der Waals surface area contributed by atoms with E-state index in [0.29, 0.717) is 28.5 Å². The molecule has 1 aromatic heterocycles. The molecule has 3 rings (SSSR count). The second kappa shape index (κ2) is 7.72. The lowest BCUT2D eigenvalue weighted by molar-refractivity contribution is 0.355. The van der Waals surface area contributed by atoms with Crippen LogP contribution in [0.15, 0.2) is 36.5 Å². The van der Waals surface area contributed by atoms with Crippen molar-refractivity contribution < 1.29 is 31.8 Å². The predicted octanol–water partition coefficient (Wildman–Crippen LogP) is 3.53. The van der Waals surface area contributed by atoms with Gasteiger partial charge in [-0.2, -0.15) is 0 Å². The molecule has 0 aliphatic heterocycles. The van der Waals surface area contributed by atoms with Crippen LogP contribution in [0.2, 0.25) is 0 Å². The van der Waals surface area contributed by atoms with Gasteiger partial charge in [-0.1, -0.05) is 0 Å². The molecular formula is C17H13F2N2O5S-. The van der Waals surface area contributed by atoms with Crippen molar-refractivity contribution in [3.63, 3.8) is 0 Å². The zero-order valence-electron chi connectivity index (χ0n) is 14.1. The Labute approximate surface area is 155 Å². The SMILES string of the molecule is COc1cc2nccc(Oc3cc(F)c(NS(=O)[O-])cc3F)c2cc1OC. The van der Waals surface area contributed by atoms with E-state index in [1.54, 1.807) is 16.9 Å². The Morgan fingerprint density at radius 3 is 2.37 bits per heavy atom. The molecule has 142 valence electrons. The van der Waals surface area contributed by atoms with Gasteiger partial charge in [-0.15, -0.1) is 0 Å². The molecule has 2 aromatic carbocycles. The minimum absolute atomic E-state index is 0.201. The van der Waals surface area contributed by atoms with Crippen LogP contribution in [0.1, 0.15) is 0 Å². The van der Waals surface area contributed by atoms with Gasteiger partial charge in [0.25, 0.3) is 0 Å². The largest absolute Gasteiger partial charge is 0.755 e. The maximum Gasteiger partial charge on any atom is 0.168 e. The first-order valence-corrected chi connectivity index (χ1v) is 8.54. The summed E-state index contributed by atoms with van der Waals surface area (Å²) in [6.45, 7) is 0. The molecule has 10 heteroatoms. The van der Waals surface area contributed by atoms with E-state index in [4.69, 9.17) is 14.2 Å². The Bertz CT molecular complexity index is 1030. The van der Waals surface area contributed by atoms with Crippen LogP contribution in [0.4, 0.5) is 14.5 Å². The highest BCUT2D eigenvalue weighted by molar-refractivity contribution is 7.80. The molecule has 0 saturated heterocycles. The molecule has 1 unspecified atom stereocenters. The minimum atomic E-state index is -2.79. The lowest BCUT2D eigenvalue weighted by Crippen LogP contribution is -2.05. The van der Waals surface area contributed by atoms with E-state index in [1.165, 1.54) is 26.5 Å². The normalized spacial score (nSPS) is 11.9. The molecule has 0 fully saturated rings. The first kappa shape index (κ1) is 18.8. The van der Waals surface area contributed by atoms with E-state index in [2.05, 4.69) is 4.98 Å². The van der Waals surface area contributed by atoms with Crippen LogP contribution in [-0.4, -0.2) is 28.0 Å². The van der Waals surface area contributed by atoms with Crippen LogP contribution in [0.3, 0.4) is 0 Å². The summed E-state index contributed by atoms with van der Waals surface area (Å²) >= 11 is -2.79. The van der Waals surface area contributed by atoms with Gasteiger partial charge in [0.05, 0.1) is 25.4 Å². The van der Waals surface area contributed by atoms with Gasteiger partial charge in [0.15, 0.2) is 28.9 Å². The van der Waals surface area contributed by atoms with Crippen LogP contribution in [0.25, 0.3) is 10.9 Å². The van der Waals surface area contributed by atoms with Crippen LogP contribution >= 0.6 is 0 Å². The number of halogens is 2. The number of hydrogen-bond donors (Lipinski definition) is 1. The summed E-state index contributed by atoms with van der Waals surface area (Å²) in [6.07, 6.45) is 1.44. The van der Waals surface area contributed by atoms with Gasteiger partial charge < -0.3 is 23.5 Å². The summed E-state index contributed by atoms with van der Waals surface area (Å²) in [4.78, 5) is 4.19. The highest BCUT2D eigenvalue weighted by Gasteiger charge is 2.15. The number of methoxy groups -OCH3 is 2. The fourth-order valence-electron chi connectivity index (χ4n) is 2.43. The van der Waals surface area contributed by atoms with Gasteiger partial charge in [-0.3, -0.25) is 9.19 Å². The standard InChI is InChI=1S/C17H14F2N2O5S/c1-24-16-5-9-12(8-17(16)25-2)20-4-3-14(9)26-15-7-10(18)13(6-11(15)19)21-27(22)23/h3-8,21H,1-2H3,(H,22,23)/p-1. The van der Waals surface area contributed by atoms with E-state index in [1.807, 2.05) is 0 Å². The summed E-state index contributed by atoms with van der Waals surface area (Å²) in [5.41, 5.74) is -0.0368. The van der Waals surface area contributed by atoms with Crippen molar-refractivity contribution in [1.82, 2.24) is 4.98 Å². The van der Waals surface area contributed by atoms with Gasteiger partial charge in [0, 0.05) is 41.0 Å². The average Bonchev–Trinajstić information content (AvgIpc) is 2.64. The van der Waals surface area contributed by atoms with E-state index >= 15 is 0 Å².